The number of para-hydroxylation sites is 2. The molecule has 0 aliphatic heterocycles. The fraction of sp³-hybridized carbons (Fsp3) is 0.200. The normalized spacial score (nSPS) is 10.5. The molecule has 19 heavy (non-hydrogen) atoms. The average Bonchev–Trinajstić information content (AvgIpc) is 2.37. The molecule has 4 heteroatoms. The maximum atomic E-state index is 12.3. The first-order valence-corrected chi connectivity index (χ1v) is 5.98. The molecule has 0 spiro atoms. The van der Waals surface area contributed by atoms with Crippen molar-refractivity contribution in [2.75, 3.05) is 5.32 Å². The molecule has 0 aliphatic carbocycles. The molecular formula is C15H15F2NO. The summed E-state index contributed by atoms with van der Waals surface area (Å²) in [5, 5.41) is 3.10. The predicted octanol–water partition coefficient (Wildman–Crippen LogP) is 4.21. The van der Waals surface area contributed by atoms with Crippen LogP contribution in [0, 0.1) is 6.92 Å². The molecule has 0 atom stereocenters. The molecule has 0 aromatic heterocycles. The SMILES string of the molecule is Cc1cccc(CNc2ccccc2OC(F)F)c1. The molecule has 0 aliphatic rings. The summed E-state index contributed by atoms with van der Waals surface area (Å²) in [6, 6.07) is 14.7. The fourth-order valence-corrected chi connectivity index (χ4v) is 1.83. The number of nitrogens with one attached hydrogen (secondary N) is 1. The van der Waals surface area contributed by atoms with Gasteiger partial charge in [-0.05, 0) is 24.6 Å². The summed E-state index contributed by atoms with van der Waals surface area (Å²) in [5.74, 6) is 0.158. The van der Waals surface area contributed by atoms with Crippen LogP contribution in [-0.2, 0) is 6.54 Å². The zero-order valence-corrected chi connectivity index (χ0v) is 10.6. The molecule has 0 amide bonds. The number of hydrogen-bond acceptors (Lipinski definition) is 2. The van der Waals surface area contributed by atoms with Crippen LogP contribution in [0.5, 0.6) is 5.75 Å². The number of aryl methyl sites for hydroxylation is 1. The Hall–Kier alpha value is -2.10. The Balaban J connectivity index is 2.07. The summed E-state index contributed by atoms with van der Waals surface area (Å²) >= 11 is 0. The summed E-state index contributed by atoms with van der Waals surface area (Å²) < 4.78 is 29.0. The molecule has 2 aromatic rings. The first-order valence-electron chi connectivity index (χ1n) is 5.98. The van der Waals surface area contributed by atoms with Gasteiger partial charge in [-0.3, -0.25) is 0 Å². The van der Waals surface area contributed by atoms with E-state index in [1.807, 2.05) is 31.2 Å². The molecule has 0 unspecified atom stereocenters. The number of benzene rings is 2. The van der Waals surface area contributed by atoms with E-state index in [4.69, 9.17) is 0 Å². The summed E-state index contributed by atoms with van der Waals surface area (Å²) in [4.78, 5) is 0. The molecule has 1 N–H and O–H groups in total. The van der Waals surface area contributed by atoms with Gasteiger partial charge >= 0.3 is 6.61 Å². The Kier molecular flexibility index (Phi) is 4.34. The van der Waals surface area contributed by atoms with Gasteiger partial charge in [0.2, 0.25) is 0 Å². The van der Waals surface area contributed by atoms with E-state index in [2.05, 4.69) is 10.1 Å². The first kappa shape index (κ1) is 13.3. The van der Waals surface area contributed by atoms with Gasteiger partial charge in [0.25, 0.3) is 0 Å². The highest BCUT2D eigenvalue weighted by molar-refractivity contribution is 5.56. The smallest absolute Gasteiger partial charge is 0.387 e. The van der Waals surface area contributed by atoms with Crippen molar-refractivity contribution in [2.24, 2.45) is 0 Å². The molecule has 100 valence electrons. The molecular weight excluding hydrogens is 248 g/mol. The zero-order chi connectivity index (χ0) is 13.7. The Bertz CT molecular complexity index is 543. The van der Waals surface area contributed by atoms with E-state index >= 15 is 0 Å². The Labute approximate surface area is 111 Å². The third-order valence-electron chi connectivity index (χ3n) is 2.67. The number of ether oxygens (including phenoxy) is 1. The predicted molar refractivity (Wildman–Crippen MR) is 71.6 cm³/mol. The molecule has 2 aromatic carbocycles. The van der Waals surface area contributed by atoms with E-state index in [1.54, 1.807) is 18.2 Å². The average molecular weight is 263 g/mol. The van der Waals surface area contributed by atoms with Gasteiger partial charge in [-0.2, -0.15) is 8.78 Å². The van der Waals surface area contributed by atoms with Crippen LogP contribution in [0.3, 0.4) is 0 Å². The van der Waals surface area contributed by atoms with Crippen LogP contribution in [0.15, 0.2) is 48.5 Å². The molecule has 0 heterocycles. The van der Waals surface area contributed by atoms with Crippen molar-refractivity contribution in [3.8, 4) is 5.75 Å². The topological polar surface area (TPSA) is 21.3 Å². The van der Waals surface area contributed by atoms with Crippen LogP contribution >= 0.6 is 0 Å². The van der Waals surface area contributed by atoms with Crippen LogP contribution in [0.1, 0.15) is 11.1 Å². The van der Waals surface area contributed by atoms with E-state index in [0.717, 1.165) is 11.1 Å². The van der Waals surface area contributed by atoms with E-state index in [1.165, 1.54) is 6.07 Å². The van der Waals surface area contributed by atoms with Crippen LogP contribution < -0.4 is 10.1 Å². The fourth-order valence-electron chi connectivity index (χ4n) is 1.83. The van der Waals surface area contributed by atoms with Gasteiger partial charge in [-0.1, -0.05) is 42.0 Å². The van der Waals surface area contributed by atoms with Crippen molar-refractivity contribution in [3.05, 3.63) is 59.7 Å². The summed E-state index contributed by atoms with van der Waals surface area (Å²) in [7, 11) is 0. The van der Waals surface area contributed by atoms with E-state index in [0.29, 0.717) is 12.2 Å². The molecule has 2 rings (SSSR count). The Morgan fingerprint density at radius 1 is 1.11 bits per heavy atom. The van der Waals surface area contributed by atoms with Crippen molar-refractivity contribution in [3.63, 3.8) is 0 Å². The second kappa shape index (κ2) is 6.18. The van der Waals surface area contributed by atoms with Crippen molar-refractivity contribution in [1.29, 1.82) is 0 Å². The van der Waals surface area contributed by atoms with Gasteiger partial charge in [0.05, 0.1) is 5.69 Å². The summed E-state index contributed by atoms with van der Waals surface area (Å²) in [6.07, 6.45) is 0. The molecule has 0 saturated carbocycles. The second-order valence-corrected chi connectivity index (χ2v) is 4.22. The third-order valence-corrected chi connectivity index (χ3v) is 2.67. The van der Waals surface area contributed by atoms with Gasteiger partial charge in [-0.25, -0.2) is 0 Å². The lowest BCUT2D eigenvalue weighted by molar-refractivity contribution is -0.0493. The van der Waals surface area contributed by atoms with E-state index in [-0.39, 0.29) is 5.75 Å². The van der Waals surface area contributed by atoms with Crippen molar-refractivity contribution >= 4 is 5.69 Å². The number of hydrogen-bond donors (Lipinski definition) is 1. The number of halogens is 2. The quantitative estimate of drug-likeness (QED) is 0.872. The number of alkyl halides is 2. The number of rotatable bonds is 5. The van der Waals surface area contributed by atoms with Crippen LogP contribution in [0.2, 0.25) is 0 Å². The summed E-state index contributed by atoms with van der Waals surface area (Å²) in [5.41, 5.74) is 2.81. The van der Waals surface area contributed by atoms with Gasteiger partial charge in [0.1, 0.15) is 5.75 Å². The molecule has 0 bridgehead atoms. The molecule has 2 nitrogen and oxygen atoms in total. The van der Waals surface area contributed by atoms with E-state index < -0.39 is 6.61 Å². The maximum absolute atomic E-state index is 12.3. The lowest BCUT2D eigenvalue weighted by Gasteiger charge is -2.12. The highest BCUT2D eigenvalue weighted by Gasteiger charge is 2.08. The van der Waals surface area contributed by atoms with Crippen molar-refractivity contribution in [2.45, 2.75) is 20.1 Å². The lowest BCUT2D eigenvalue weighted by atomic mass is 10.1. The lowest BCUT2D eigenvalue weighted by Crippen LogP contribution is -2.06. The molecule has 0 saturated heterocycles. The van der Waals surface area contributed by atoms with Crippen LogP contribution in [0.25, 0.3) is 0 Å². The highest BCUT2D eigenvalue weighted by Crippen LogP contribution is 2.25. The van der Waals surface area contributed by atoms with Gasteiger partial charge < -0.3 is 10.1 Å². The first-order chi connectivity index (χ1) is 9.15. The van der Waals surface area contributed by atoms with Gasteiger partial charge in [-0.15, -0.1) is 0 Å². The van der Waals surface area contributed by atoms with Crippen LogP contribution in [0.4, 0.5) is 14.5 Å². The maximum Gasteiger partial charge on any atom is 0.387 e. The monoisotopic (exact) mass is 263 g/mol. The minimum atomic E-state index is -2.82. The van der Waals surface area contributed by atoms with Gasteiger partial charge in [0.15, 0.2) is 0 Å². The van der Waals surface area contributed by atoms with Crippen LogP contribution in [-0.4, -0.2) is 6.61 Å². The second-order valence-electron chi connectivity index (χ2n) is 4.22. The minimum Gasteiger partial charge on any atom is -0.433 e. The van der Waals surface area contributed by atoms with Crippen molar-refractivity contribution in [1.82, 2.24) is 0 Å². The van der Waals surface area contributed by atoms with E-state index in [9.17, 15) is 8.78 Å². The summed E-state index contributed by atoms with van der Waals surface area (Å²) in [6.45, 7) is -0.246. The molecule has 0 radical (unpaired) electrons. The number of anilines is 1. The zero-order valence-electron chi connectivity index (χ0n) is 10.6. The van der Waals surface area contributed by atoms with Crippen molar-refractivity contribution < 1.29 is 13.5 Å². The largest absolute Gasteiger partial charge is 0.433 e. The minimum absolute atomic E-state index is 0.158. The Morgan fingerprint density at radius 3 is 2.63 bits per heavy atom. The highest BCUT2D eigenvalue weighted by atomic mass is 19.3. The van der Waals surface area contributed by atoms with Gasteiger partial charge in [0, 0.05) is 6.54 Å². The standard InChI is InChI=1S/C15H15F2NO/c1-11-5-4-6-12(9-11)10-18-13-7-2-3-8-14(13)19-15(16)17/h2-9,15,18H,10H2,1H3. The third kappa shape index (κ3) is 3.95. The Morgan fingerprint density at radius 2 is 1.89 bits per heavy atom. The molecule has 0 fully saturated rings.